The minimum absolute atomic E-state index is 0.0440. The molecule has 2 aliphatic rings. The first-order chi connectivity index (χ1) is 15.4. The predicted molar refractivity (Wildman–Crippen MR) is 109 cm³/mol. The summed E-state index contributed by atoms with van der Waals surface area (Å²) >= 11 is 0. The average Bonchev–Trinajstić information content (AvgIpc) is 3.13. The van der Waals surface area contributed by atoms with Gasteiger partial charge in [-0.2, -0.15) is 18.3 Å². The molecule has 0 aliphatic carbocycles. The maximum atomic E-state index is 13.2. The number of hydrogen-bond acceptors (Lipinski definition) is 7. The second kappa shape index (κ2) is 8.19. The summed E-state index contributed by atoms with van der Waals surface area (Å²) in [5.41, 5.74) is 0.444. The summed E-state index contributed by atoms with van der Waals surface area (Å²) in [4.78, 5) is 14.9. The van der Waals surface area contributed by atoms with Crippen molar-refractivity contribution in [2.45, 2.75) is 25.6 Å². The van der Waals surface area contributed by atoms with Gasteiger partial charge in [0, 0.05) is 25.2 Å². The number of anilines is 1. The van der Waals surface area contributed by atoms with Crippen LogP contribution in [0.25, 0.3) is 11.2 Å². The van der Waals surface area contributed by atoms with Gasteiger partial charge in [-0.1, -0.05) is 6.92 Å². The largest absolute Gasteiger partial charge is 0.491 e. The van der Waals surface area contributed by atoms with Gasteiger partial charge in [-0.25, -0.2) is 19.6 Å². The molecule has 0 spiro atoms. The van der Waals surface area contributed by atoms with Crippen molar-refractivity contribution in [2.75, 3.05) is 37.8 Å². The van der Waals surface area contributed by atoms with Gasteiger partial charge in [0.1, 0.15) is 23.1 Å². The Labute approximate surface area is 182 Å². The first kappa shape index (κ1) is 20.9. The van der Waals surface area contributed by atoms with E-state index in [-0.39, 0.29) is 24.3 Å². The van der Waals surface area contributed by atoms with Crippen molar-refractivity contribution in [2.24, 2.45) is 11.8 Å². The molecule has 8 nitrogen and oxygen atoms in total. The monoisotopic (exact) mass is 448 g/mol. The highest BCUT2D eigenvalue weighted by Crippen LogP contribution is 2.35. The summed E-state index contributed by atoms with van der Waals surface area (Å²) < 4.78 is 52.3. The molecule has 2 unspecified atom stereocenters. The van der Waals surface area contributed by atoms with Crippen molar-refractivity contribution >= 4 is 17.0 Å². The zero-order valence-electron chi connectivity index (χ0n) is 17.5. The van der Waals surface area contributed by atoms with E-state index in [1.54, 1.807) is 12.4 Å². The lowest BCUT2D eigenvalue weighted by Gasteiger charge is -2.37. The number of pyridine rings is 1. The first-order valence-corrected chi connectivity index (χ1v) is 10.6. The summed E-state index contributed by atoms with van der Waals surface area (Å²) in [7, 11) is 0. The van der Waals surface area contributed by atoms with Gasteiger partial charge in [-0.05, 0) is 24.5 Å². The topological polar surface area (TPSA) is 78.2 Å². The number of hydrogen-bond donors (Lipinski definition) is 0. The Morgan fingerprint density at radius 2 is 2.03 bits per heavy atom. The zero-order chi connectivity index (χ0) is 22.3. The van der Waals surface area contributed by atoms with Gasteiger partial charge in [0.2, 0.25) is 0 Å². The summed E-state index contributed by atoms with van der Waals surface area (Å²) in [6.07, 6.45) is 0.846. The molecule has 2 fully saturated rings. The van der Waals surface area contributed by atoms with E-state index in [4.69, 9.17) is 14.5 Å². The number of halogens is 3. The third kappa shape index (κ3) is 4.08. The summed E-state index contributed by atoms with van der Waals surface area (Å²) in [6.45, 7) is 4.91. The zero-order valence-corrected chi connectivity index (χ0v) is 17.5. The fourth-order valence-corrected chi connectivity index (χ4v) is 4.31. The molecule has 2 saturated heterocycles. The van der Waals surface area contributed by atoms with Crippen LogP contribution in [0.5, 0.6) is 5.75 Å². The van der Waals surface area contributed by atoms with Crippen molar-refractivity contribution in [3.05, 3.63) is 36.4 Å². The molecule has 11 heteroatoms. The van der Waals surface area contributed by atoms with Crippen LogP contribution in [0.15, 0.2) is 30.7 Å². The molecule has 2 aliphatic heterocycles. The third-order valence-electron chi connectivity index (χ3n) is 5.84. The van der Waals surface area contributed by atoms with E-state index in [9.17, 15) is 13.2 Å². The van der Waals surface area contributed by atoms with E-state index in [0.717, 1.165) is 30.5 Å². The van der Waals surface area contributed by atoms with Crippen LogP contribution < -0.4 is 9.64 Å². The van der Waals surface area contributed by atoms with Crippen molar-refractivity contribution in [3.8, 4) is 5.75 Å². The molecule has 3 aromatic heterocycles. The van der Waals surface area contributed by atoms with E-state index < -0.39 is 11.9 Å². The Bertz CT molecular complexity index is 1100. The van der Waals surface area contributed by atoms with Gasteiger partial charge in [0.05, 0.1) is 32.2 Å². The van der Waals surface area contributed by atoms with Gasteiger partial charge < -0.3 is 14.4 Å². The fraction of sp³-hybridized carbons (Fsp3) is 0.524. The molecule has 2 atom stereocenters. The Morgan fingerprint density at radius 1 is 1.19 bits per heavy atom. The molecule has 32 heavy (non-hydrogen) atoms. The Kier molecular flexibility index (Phi) is 5.36. The van der Waals surface area contributed by atoms with Crippen LogP contribution in [0.4, 0.5) is 19.0 Å². The van der Waals surface area contributed by atoms with Crippen LogP contribution in [0, 0.1) is 11.8 Å². The van der Waals surface area contributed by atoms with Crippen LogP contribution in [-0.2, 0) is 10.9 Å². The molecule has 5 rings (SSSR count). The Hall–Kier alpha value is -2.95. The van der Waals surface area contributed by atoms with Crippen molar-refractivity contribution in [1.82, 2.24) is 24.7 Å². The maximum absolute atomic E-state index is 13.2. The molecule has 170 valence electrons. The van der Waals surface area contributed by atoms with Crippen molar-refractivity contribution < 1.29 is 22.6 Å². The summed E-state index contributed by atoms with van der Waals surface area (Å²) in [5.74, 6) is 0.865. The van der Waals surface area contributed by atoms with Crippen LogP contribution in [0.1, 0.15) is 25.1 Å². The smallest absolute Gasteiger partial charge is 0.437 e. The quantitative estimate of drug-likeness (QED) is 0.592. The minimum Gasteiger partial charge on any atom is -0.491 e. The maximum Gasteiger partial charge on any atom is 0.437 e. The minimum atomic E-state index is -4.55. The van der Waals surface area contributed by atoms with Gasteiger partial charge in [0.25, 0.3) is 0 Å². The average molecular weight is 448 g/mol. The van der Waals surface area contributed by atoms with Crippen LogP contribution in [0.3, 0.4) is 0 Å². The molecule has 0 bridgehead atoms. The molecule has 0 radical (unpaired) electrons. The lowest BCUT2D eigenvalue weighted by molar-refractivity contribution is -0.142. The van der Waals surface area contributed by atoms with Gasteiger partial charge in [-0.15, -0.1) is 0 Å². The third-order valence-corrected chi connectivity index (χ3v) is 5.84. The van der Waals surface area contributed by atoms with E-state index >= 15 is 0 Å². The molecule has 0 amide bonds. The number of aromatic nitrogens is 5. The van der Waals surface area contributed by atoms with E-state index in [2.05, 4.69) is 26.9 Å². The Balaban J connectivity index is 1.32. The second-order valence-electron chi connectivity index (χ2n) is 8.49. The van der Waals surface area contributed by atoms with Crippen LogP contribution in [-0.4, -0.2) is 57.6 Å². The molecular weight excluding hydrogens is 425 g/mol. The normalized spacial score (nSPS) is 22.2. The number of piperidine rings is 1. The second-order valence-corrected chi connectivity index (χ2v) is 8.49. The lowest BCUT2D eigenvalue weighted by atomic mass is 9.91. The highest BCUT2D eigenvalue weighted by molar-refractivity contribution is 5.71. The number of alkyl halides is 3. The number of ether oxygens (including phenoxy) is 2. The van der Waals surface area contributed by atoms with Crippen LogP contribution in [0.2, 0.25) is 0 Å². The molecular formula is C21H23F3N6O2. The highest BCUT2D eigenvalue weighted by atomic mass is 19.4. The van der Waals surface area contributed by atoms with E-state index in [0.29, 0.717) is 31.3 Å². The number of fused-ring (bicyclic) bond motifs is 1. The van der Waals surface area contributed by atoms with Gasteiger partial charge >= 0.3 is 6.18 Å². The van der Waals surface area contributed by atoms with E-state index in [1.807, 2.05) is 4.68 Å². The van der Waals surface area contributed by atoms with Crippen molar-refractivity contribution in [1.29, 1.82) is 0 Å². The van der Waals surface area contributed by atoms with E-state index in [1.165, 1.54) is 12.1 Å². The lowest BCUT2D eigenvalue weighted by Crippen LogP contribution is -2.42. The Morgan fingerprint density at radius 3 is 2.78 bits per heavy atom. The standard InChI is InChI=1S/C21H23F3N6O2/c1-13-5-14(10-32-17-3-2-4-25-19(17)21(22,23)24)9-29(8-13)18-7-26-16-6-27-30(20(16)28-18)15-11-31-12-15/h2-4,6-7,13-15H,5,8-12H2,1H3. The predicted octanol–water partition coefficient (Wildman–Crippen LogP) is 3.35. The SMILES string of the molecule is CC1CC(COc2cccnc2C(F)(F)F)CN(c2cnc3cnn(C4COC4)c3n2)C1. The molecule has 0 N–H and O–H groups in total. The molecule has 5 heterocycles. The summed E-state index contributed by atoms with van der Waals surface area (Å²) in [6, 6.07) is 2.92. The molecule has 3 aromatic rings. The van der Waals surface area contributed by atoms with Crippen LogP contribution >= 0.6 is 0 Å². The molecule has 0 aromatic carbocycles. The van der Waals surface area contributed by atoms with Gasteiger partial charge in [0.15, 0.2) is 11.3 Å². The first-order valence-electron chi connectivity index (χ1n) is 10.6. The summed E-state index contributed by atoms with van der Waals surface area (Å²) in [5, 5.41) is 4.40. The number of rotatable bonds is 5. The number of nitrogens with zero attached hydrogens (tertiary/aromatic N) is 6. The van der Waals surface area contributed by atoms with Gasteiger partial charge in [-0.3, -0.25) is 0 Å². The highest BCUT2D eigenvalue weighted by Gasteiger charge is 2.36. The van der Waals surface area contributed by atoms with Crippen molar-refractivity contribution in [3.63, 3.8) is 0 Å². The fourth-order valence-electron chi connectivity index (χ4n) is 4.31. The molecule has 0 saturated carbocycles.